The fourth-order valence-electron chi connectivity index (χ4n) is 6.17. The van der Waals surface area contributed by atoms with Crippen molar-refractivity contribution in [2.75, 3.05) is 19.6 Å². The van der Waals surface area contributed by atoms with Gasteiger partial charge in [0.15, 0.2) is 0 Å². The van der Waals surface area contributed by atoms with E-state index in [1.165, 1.54) is 24.3 Å². The maximum absolute atomic E-state index is 15.9. The molecule has 4 rings (SSSR count). The number of amides is 1. The molecule has 12 heteroatoms. The lowest BCUT2D eigenvalue weighted by molar-refractivity contribution is -0.139. The minimum Gasteiger partial charge on any atom is -0.481 e. The van der Waals surface area contributed by atoms with Gasteiger partial charge in [-0.25, -0.2) is 8.78 Å². The molecule has 0 unspecified atom stereocenters. The van der Waals surface area contributed by atoms with Crippen LogP contribution in [-0.4, -0.2) is 46.1 Å². The summed E-state index contributed by atoms with van der Waals surface area (Å²) in [6, 6.07) is 2.92. The first-order valence-corrected chi connectivity index (χ1v) is 15.6. The molecular formula is C36H38F5N3O4. The molecule has 2 heterocycles. The van der Waals surface area contributed by atoms with Crippen molar-refractivity contribution in [1.82, 2.24) is 14.8 Å². The molecule has 3 aromatic rings. The largest absolute Gasteiger partial charge is 0.481 e. The first-order valence-electron chi connectivity index (χ1n) is 15.6. The van der Waals surface area contributed by atoms with Gasteiger partial charge in [0.05, 0.1) is 23.6 Å². The molecule has 0 spiro atoms. The summed E-state index contributed by atoms with van der Waals surface area (Å²) < 4.78 is 72.9. The Hall–Kier alpha value is -4.50. The number of aromatic nitrogens is 1. The molecule has 7 nitrogen and oxygen atoms in total. The number of carbonyl (C=O) groups is 2. The van der Waals surface area contributed by atoms with Gasteiger partial charge in [0.25, 0.3) is 5.56 Å². The Balaban J connectivity index is 1.80. The van der Waals surface area contributed by atoms with Crippen molar-refractivity contribution < 1.29 is 36.6 Å². The third-order valence-corrected chi connectivity index (χ3v) is 8.56. The molecule has 2 N–H and O–H groups in total. The Labute approximate surface area is 275 Å². The highest BCUT2D eigenvalue weighted by Crippen LogP contribution is 2.35. The minimum atomic E-state index is -4.80. The lowest BCUT2D eigenvalue weighted by Gasteiger charge is -2.31. The van der Waals surface area contributed by atoms with Crippen LogP contribution in [0.3, 0.4) is 0 Å². The van der Waals surface area contributed by atoms with E-state index in [0.717, 1.165) is 30.3 Å². The van der Waals surface area contributed by atoms with Crippen molar-refractivity contribution in [2.24, 2.45) is 5.92 Å². The third-order valence-electron chi connectivity index (χ3n) is 8.56. The number of hydrogen-bond donors (Lipinski definition) is 2. The number of terminal acetylenes is 1. The van der Waals surface area contributed by atoms with Crippen LogP contribution in [0, 0.1) is 43.7 Å². The number of nitrogens with zero attached hydrogens (tertiary/aromatic N) is 2. The number of carbonyl (C=O) groups excluding carboxylic acids is 1. The van der Waals surface area contributed by atoms with Crippen molar-refractivity contribution in [1.29, 1.82) is 0 Å². The van der Waals surface area contributed by atoms with Gasteiger partial charge >= 0.3 is 12.1 Å². The van der Waals surface area contributed by atoms with Gasteiger partial charge in [0, 0.05) is 24.4 Å². The number of rotatable bonds is 12. The molecule has 2 atom stereocenters. The number of hydrogen-bond acceptors (Lipinski definition) is 4. The number of benzene rings is 2. The zero-order valence-electron chi connectivity index (χ0n) is 27.2. The van der Waals surface area contributed by atoms with Crippen molar-refractivity contribution in [3.8, 4) is 23.5 Å². The van der Waals surface area contributed by atoms with Gasteiger partial charge in [0.2, 0.25) is 5.91 Å². The monoisotopic (exact) mass is 671 g/mol. The van der Waals surface area contributed by atoms with E-state index in [1.54, 1.807) is 27.7 Å². The Bertz CT molecular complexity index is 1780. The zero-order valence-corrected chi connectivity index (χ0v) is 27.2. The average molecular weight is 672 g/mol. The summed E-state index contributed by atoms with van der Waals surface area (Å²) in [5, 5.41) is 12.3. The predicted octanol–water partition coefficient (Wildman–Crippen LogP) is 6.58. The van der Waals surface area contributed by atoms with Crippen molar-refractivity contribution in [2.45, 2.75) is 71.6 Å². The average Bonchev–Trinajstić information content (AvgIpc) is 2.94. The summed E-state index contributed by atoms with van der Waals surface area (Å²) in [7, 11) is 0. The van der Waals surface area contributed by atoms with Crippen LogP contribution in [0.4, 0.5) is 22.0 Å². The fourth-order valence-corrected chi connectivity index (χ4v) is 6.17. The Morgan fingerprint density at radius 2 is 1.71 bits per heavy atom. The molecule has 1 fully saturated rings. The first-order chi connectivity index (χ1) is 22.5. The van der Waals surface area contributed by atoms with Crippen LogP contribution >= 0.6 is 0 Å². The van der Waals surface area contributed by atoms with Crippen LogP contribution in [0.15, 0.2) is 41.3 Å². The van der Waals surface area contributed by atoms with E-state index in [9.17, 15) is 37.1 Å². The number of nitrogens with one attached hydrogen (secondary N) is 1. The molecule has 1 aliphatic heterocycles. The van der Waals surface area contributed by atoms with Gasteiger partial charge in [-0.15, -0.1) is 6.42 Å². The smallest absolute Gasteiger partial charge is 0.416 e. The van der Waals surface area contributed by atoms with Gasteiger partial charge in [-0.1, -0.05) is 19.8 Å². The van der Waals surface area contributed by atoms with Crippen LogP contribution < -0.4 is 10.9 Å². The summed E-state index contributed by atoms with van der Waals surface area (Å²) >= 11 is 0. The second-order valence-corrected chi connectivity index (χ2v) is 12.7. The fraction of sp³-hybridized carbons (Fsp3) is 0.417. The highest BCUT2D eigenvalue weighted by atomic mass is 19.4. The number of aryl methyl sites for hydroxylation is 2. The zero-order chi connectivity index (χ0) is 35.5. The maximum Gasteiger partial charge on any atom is 0.416 e. The van der Waals surface area contributed by atoms with Gasteiger partial charge in [-0.3, -0.25) is 14.4 Å². The van der Waals surface area contributed by atoms with Crippen LogP contribution in [-0.2, 0) is 22.2 Å². The number of pyridine rings is 1. The van der Waals surface area contributed by atoms with Crippen LogP contribution in [0.2, 0.25) is 0 Å². The number of carboxylic acid groups (broad SMARTS) is 1. The lowest BCUT2D eigenvalue weighted by atomic mass is 9.90. The van der Waals surface area contributed by atoms with Crippen LogP contribution in [0.1, 0.15) is 78.6 Å². The summed E-state index contributed by atoms with van der Waals surface area (Å²) in [4.78, 5) is 41.2. The van der Waals surface area contributed by atoms with E-state index >= 15 is 4.39 Å². The standard InChI is InChI=1S/C36H38F5N3O4/c1-6-23-15-25(33-21(4)13-26(37)14-22(33)5)16-27(34(23)38)29(18-32(46)47)42-35(48)30(12-20(2)3)44-19-24(8-11-43-9-7-10-43)28(17-31(44)45)36(39,40)41/h1,13-17,19-20,29-30H,7-12,18H2,2-5H3,(H,42,48)(H,46,47)/t29-,30+/m0/s1. The second-order valence-electron chi connectivity index (χ2n) is 12.7. The van der Waals surface area contributed by atoms with Crippen molar-refractivity contribution in [3.63, 3.8) is 0 Å². The molecule has 1 aliphatic rings. The third kappa shape index (κ3) is 8.31. The van der Waals surface area contributed by atoms with Crippen LogP contribution in [0.5, 0.6) is 0 Å². The van der Waals surface area contributed by atoms with E-state index in [1.807, 2.05) is 4.90 Å². The molecule has 0 bridgehead atoms. The highest BCUT2D eigenvalue weighted by molar-refractivity contribution is 5.82. The Morgan fingerprint density at radius 3 is 2.23 bits per heavy atom. The Kier molecular flexibility index (Phi) is 11.1. The predicted molar refractivity (Wildman–Crippen MR) is 171 cm³/mol. The summed E-state index contributed by atoms with van der Waals surface area (Å²) in [5.41, 5.74) is -0.847. The summed E-state index contributed by atoms with van der Waals surface area (Å²) in [6.07, 6.45) is 2.01. The van der Waals surface area contributed by atoms with Crippen molar-refractivity contribution >= 4 is 11.9 Å². The minimum absolute atomic E-state index is 0.00849. The summed E-state index contributed by atoms with van der Waals surface area (Å²) in [5.74, 6) is -1.69. The van der Waals surface area contributed by atoms with Gasteiger partial charge in [-0.2, -0.15) is 13.2 Å². The summed E-state index contributed by atoms with van der Waals surface area (Å²) in [6.45, 7) is 8.65. The van der Waals surface area contributed by atoms with Gasteiger partial charge in [0.1, 0.15) is 17.7 Å². The molecule has 1 saturated heterocycles. The van der Waals surface area contributed by atoms with Crippen LogP contribution in [0.25, 0.3) is 11.1 Å². The van der Waals surface area contributed by atoms with E-state index in [4.69, 9.17) is 6.42 Å². The van der Waals surface area contributed by atoms with E-state index in [2.05, 4.69) is 11.2 Å². The maximum atomic E-state index is 15.9. The second kappa shape index (κ2) is 14.7. The normalized spacial score (nSPS) is 14.7. The van der Waals surface area contributed by atoms with E-state index < -0.39 is 59.3 Å². The molecule has 2 aromatic carbocycles. The van der Waals surface area contributed by atoms with Crippen molar-refractivity contribution in [3.05, 3.63) is 91.9 Å². The molecule has 1 amide bonds. The number of carboxylic acids is 1. The highest BCUT2D eigenvalue weighted by Gasteiger charge is 2.36. The lowest BCUT2D eigenvalue weighted by Crippen LogP contribution is -2.41. The van der Waals surface area contributed by atoms with Gasteiger partial charge < -0.3 is 19.9 Å². The SMILES string of the molecule is C#Cc1cc(-c2c(C)cc(F)cc2C)cc([C@H](CC(=O)O)NC(=O)[C@@H](CC(C)C)n2cc(CCN3CCC3)c(C(F)(F)F)cc2=O)c1F. The topological polar surface area (TPSA) is 91.6 Å². The molecule has 0 aliphatic carbocycles. The number of likely N-dealkylation sites (tertiary alicyclic amines) is 1. The molecular weight excluding hydrogens is 633 g/mol. The van der Waals surface area contributed by atoms with E-state index in [0.29, 0.717) is 34.9 Å². The molecule has 0 saturated carbocycles. The quantitative estimate of drug-likeness (QED) is 0.168. The molecule has 48 heavy (non-hydrogen) atoms. The molecule has 256 valence electrons. The molecule has 0 radical (unpaired) electrons. The number of alkyl halides is 3. The molecule has 1 aromatic heterocycles. The number of aliphatic carboxylic acids is 1. The van der Waals surface area contributed by atoms with Gasteiger partial charge in [-0.05, 0) is 104 Å². The number of halogens is 5. The first kappa shape index (κ1) is 36.3. The van der Waals surface area contributed by atoms with E-state index in [-0.39, 0.29) is 35.4 Å². The Morgan fingerprint density at radius 1 is 1.06 bits per heavy atom.